The Morgan fingerprint density at radius 3 is 2.71 bits per heavy atom. The van der Waals surface area contributed by atoms with Crippen LogP contribution in [0.4, 0.5) is 13.2 Å². The topological polar surface area (TPSA) is 63.6 Å². The van der Waals surface area contributed by atoms with Crippen molar-refractivity contribution < 1.29 is 32.6 Å². The van der Waals surface area contributed by atoms with Crippen molar-refractivity contribution in [3.05, 3.63) is 71.3 Å². The van der Waals surface area contributed by atoms with Crippen LogP contribution in [0.5, 0.6) is 0 Å². The standard InChI is InChI=1S/C27H33F3O4/c1-19(2)34-26(33)11-6-4-3-5-9-21-13-17-25(32)24(21)16-15-23(31)14-12-20-8-7-10-22(18-20)27(28,29)30/h3,5,7-8,10,13,16-19,21,23,31H,4,6,9,11-12,14-15H2,1-2H3/b5-3-,24-16+. The molecule has 0 aromatic heterocycles. The number of alkyl halides is 3. The number of hydrogen-bond acceptors (Lipinski definition) is 4. The summed E-state index contributed by atoms with van der Waals surface area (Å²) in [5.41, 5.74) is 0.444. The molecule has 2 unspecified atom stereocenters. The maximum atomic E-state index is 12.8. The van der Waals surface area contributed by atoms with Gasteiger partial charge in [-0.05, 0) is 70.1 Å². The molecule has 2 atom stereocenters. The molecule has 0 aliphatic heterocycles. The fraction of sp³-hybridized carbons (Fsp3) is 0.481. The molecule has 1 aliphatic carbocycles. The van der Waals surface area contributed by atoms with Gasteiger partial charge in [-0.15, -0.1) is 0 Å². The van der Waals surface area contributed by atoms with Crippen LogP contribution >= 0.6 is 0 Å². The molecule has 1 aromatic rings. The largest absolute Gasteiger partial charge is 0.463 e. The Labute approximate surface area is 199 Å². The van der Waals surface area contributed by atoms with Crippen molar-refractivity contribution in [2.75, 3.05) is 0 Å². The van der Waals surface area contributed by atoms with E-state index in [-0.39, 0.29) is 30.2 Å². The minimum Gasteiger partial charge on any atom is -0.463 e. The molecule has 0 fully saturated rings. The molecule has 34 heavy (non-hydrogen) atoms. The summed E-state index contributed by atoms with van der Waals surface area (Å²) in [6, 6.07) is 5.11. The van der Waals surface area contributed by atoms with Gasteiger partial charge < -0.3 is 9.84 Å². The molecule has 0 bridgehead atoms. The highest BCUT2D eigenvalue weighted by Gasteiger charge is 2.30. The summed E-state index contributed by atoms with van der Waals surface area (Å²) in [7, 11) is 0. The molecule has 1 aromatic carbocycles. The van der Waals surface area contributed by atoms with Crippen molar-refractivity contribution in [3.63, 3.8) is 0 Å². The molecule has 186 valence electrons. The number of carbonyl (C=O) groups is 2. The Kier molecular flexibility index (Phi) is 10.8. The lowest BCUT2D eigenvalue weighted by atomic mass is 9.95. The van der Waals surface area contributed by atoms with Crippen LogP contribution in [0.1, 0.15) is 63.5 Å². The van der Waals surface area contributed by atoms with Gasteiger partial charge in [0.1, 0.15) is 0 Å². The van der Waals surface area contributed by atoms with Crippen LogP contribution in [0.2, 0.25) is 0 Å². The Balaban J connectivity index is 1.78. The number of halogens is 3. The first-order valence-corrected chi connectivity index (χ1v) is 11.7. The Morgan fingerprint density at radius 2 is 2.00 bits per heavy atom. The average molecular weight is 479 g/mol. The molecule has 0 radical (unpaired) electrons. The number of hydrogen-bond donors (Lipinski definition) is 1. The molecule has 7 heteroatoms. The summed E-state index contributed by atoms with van der Waals surface area (Å²) in [6.45, 7) is 3.63. The van der Waals surface area contributed by atoms with E-state index in [9.17, 15) is 27.9 Å². The number of ketones is 1. The second-order valence-corrected chi connectivity index (χ2v) is 8.75. The first-order valence-electron chi connectivity index (χ1n) is 11.7. The van der Waals surface area contributed by atoms with Crippen molar-refractivity contribution in [2.24, 2.45) is 5.92 Å². The summed E-state index contributed by atoms with van der Waals surface area (Å²) >= 11 is 0. The van der Waals surface area contributed by atoms with Crippen LogP contribution in [0, 0.1) is 5.92 Å². The van der Waals surface area contributed by atoms with Crippen molar-refractivity contribution >= 4 is 11.8 Å². The van der Waals surface area contributed by atoms with Crippen molar-refractivity contribution in [3.8, 4) is 0 Å². The minimum absolute atomic E-state index is 0.0645. The van der Waals surface area contributed by atoms with E-state index in [1.165, 1.54) is 12.1 Å². The third kappa shape index (κ3) is 9.67. The molecule has 4 nitrogen and oxygen atoms in total. The second kappa shape index (κ2) is 13.3. The molecule has 1 N–H and O–H groups in total. The molecular formula is C27H33F3O4. The van der Waals surface area contributed by atoms with Crippen molar-refractivity contribution in [2.45, 2.75) is 77.2 Å². The number of aliphatic hydroxyl groups is 1. The van der Waals surface area contributed by atoms with Gasteiger partial charge in [-0.1, -0.05) is 42.5 Å². The molecule has 0 amide bonds. The summed E-state index contributed by atoms with van der Waals surface area (Å²) in [4.78, 5) is 23.7. The van der Waals surface area contributed by atoms with E-state index in [0.29, 0.717) is 43.2 Å². The summed E-state index contributed by atoms with van der Waals surface area (Å²) in [6.07, 6.45) is 7.16. The number of benzene rings is 1. The van der Waals surface area contributed by atoms with Crippen LogP contribution in [-0.4, -0.2) is 29.1 Å². The molecule has 0 saturated heterocycles. The highest BCUT2D eigenvalue weighted by molar-refractivity contribution is 6.07. The van der Waals surface area contributed by atoms with Gasteiger partial charge in [-0.3, -0.25) is 9.59 Å². The summed E-state index contributed by atoms with van der Waals surface area (Å²) in [5, 5.41) is 10.3. The first kappa shape index (κ1) is 27.6. The van der Waals surface area contributed by atoms with Gasteiger partial charge >= 0.3 is 12.1 Å². The SMILES string of the molecule is CC(C)OC(=O)CCC/C=C\CC1C=CC(=O)/C1=C/CC(O)CCc1cccc(C(F)(F)F)c1. The number of unbranched alkanes of at least 4 members (excludes halogenated alkanes) is 1. The number of allylic oxidation sites excluding steroid dienone is 5. The molecule has 0 saturated carbocycles. The highest BCUT2D eigenvalue weighted by atomic mass is 19.4. The molecule has 0 spiro atoms. The Bertz CT molecular complexity index is 913. The van der Waals surface area contributed by atoms with E-state index >= 15 is 0 Å². The van der Waals surface area contributed by atoms with E-state index in [2.05, 4.69) is 0 Å². The number of rotatable bonds is 12. The van der Waals surface area contributed by atoms with Crippen LogP contribution in [0.25, 0.3) is 0 Å². The normalized spacial score (nSPS) is 18.4. The lowest BCUT2D eigenvalue weighted by Crippen LogP contribution is -2.10. The fourth-order valence-electron chi connectivity index (χ4n) is 3.71. The minimum atomic E-state index is -4.39. The quantitative estimate of drug-likeness (QED) is 0.170. The molecule has 0 heterocycles. The van der Waals surface area contributed by atoms with E-state index in [4.69, 9.17) is 4.74 Å². The Morgan fingerprint density at radius 1 is 1.24 bits per heavy atom. The van der Waals surface area contributed by atoms with E-state index < -0.39 is 17.8 Å². The molecular weight excluding hydrogens is 445 g/mol. The van der Waals surface area contributed by atoms with Gasteiger partial charge in [-0.2, -0.15) is 13.2 Å². The van der Waals surface area contributed by atoms with Gasteiger partial charge in [0.15, 0.2) is 5.78 Å². The number of ether oxygens (including phenoxy) is 1. The predicted molar refractivity (Wildman–Crippen MR) is 125 cm³/mol. The summed E-state index contributed by atoms with van der Waals surface area (Å²) < 4.78 is 43.6. The van der Waals surface area contributed by atoms with Crippen molar-refractivity contribution in [1.29, 1.82) is 0 Å². The first-order chi connectivity index (χ1) is 16.1. The maximum absolute atomic E-state index is 12.8. The fourth-order valence-corrected chi connectivity index (χ4v) is 3.71. The zero-order chi connectivity index (χ0) is 25.1. The van der Waals surface area contributed by atoms with Gasteiger partial charge in [0, 0.05) is 17.9 Å². The van der Waals surface area contributed by atoms with Gasteiger partial charge in [-0.25, -0.2) is 0 Å². The highest BCUT2D eigenvalue weighted by Crippen LogP contribution is 2.30. The third-order valence-electron chi connectivity index (χ3n) is 5.47. The monoisotopic (exact) mass is 478 g/mol. The number of esters is 1. The van der Waals surface area contributed by atoms with Gasteiger partial charge in [0.2, 0.25) is 0 Å². The number of carbonyl (C=O) groups excluding carboxylic acids is 2. The van der Waals surface area contributed by atoms with E-state index in [1.807, 2.05) is 32.1 Å². The second-order valence-electron chi connectivity index (χ2n) is 8.75. The lowest BCUT2D eigenvalue weighted by molar-refractivity contribution is -0.147. The van der Waals surface area contributed by atoms with Crippen LogP contribution in [0.3, 0.4) is 0 Å². The smallest absolute Gasteiger partial charge is 0.416 e. The van der Waals surface area contributed by atoms with Crippen LogP contribution in [-0.2, 0) is 26.9 Å². The Hall–Kier alpha value is -2.67. The number of aryl methyl sites for hydroxylation is 1. The average Bonchev–Trinajstić information content (AvgIpc) is 3.11. The third-order valence-corrected chi connectivity index (χ3v) is 5.47. The van der Waals surface area contributed by atoms with Crippen molar-refractivity contribution in [1.82, 2.24) is 0 Å². The van der Waals surface area contributed by atoms with E-state index in [0.717, 1.165) is 18.6 Å². The van der Waals surface area contributed by atoms with E-state index in [1.54, 1.807) is 12.1 Å². The zero-order valence-electron chi connectivity index (χ0n) is 19.7. The van der Waals surface area contributed by atoms with Gasteiger partial charge in [0.25, 0.3) is 0 Å². The molecule has 2 rings (SSSR count). The van der Waals surface area contributed by atoms with Crippen LogP contribution in [0.15, 0.2) is 60.2 Å². The zero-order valence-corrected chi connectivity index (χ0v) is 19.7. The predicted octanol–water partition coefficient (Wildman–Crippen LogP) is 6.14. The molecule has 1 aliphatic rings. The van der Waals surface area contributed by atoms with Crippen LogP contribution < -0.4 is 0 Å². The lowest BCUT2D eigenvalue weighted by Gasteiger charge is -2.12. The summed E-state index contributed by atoms with van der Waals surface area (Å²) in [5.74, 6) is -0.352. The maximum Gasteiger partial charge on any atom is 0.416 e. The number of aliphatic hydroxyl groups excluding tert-OH is 1. The van der Waals surface area contributed by atoms with Gasteiger partial charge in [0.05, 0.1) is 17.8 Å².